The minimum Gasteiger partial charge on any atom is -0.494 e. The van der Waals surface area contributed by atoms with Crippen molar-refractivity contribution in [3.8, 4) is 5.75 Å². The van der Waals surface area contributed by atoms with E-state index in [1.807, 2.05) is 6.92 Å². The highest BCUT2D eigenvalue weighted by atomic mass is 16.5. The lowest BCUT2D eigenvalue weighted by Gasteiger charge is -2.07. The van der Waals surface area contributed by atoms with Crippen LogP contribution in [0.2, 0.25) is 0 Å². The molecular formula is C16H17N3O3. The number of nitrogens with one attached hydrogen (secondary N) is 2. The van der Waals surface area contributed by atoms with E-state index in [0.717, 1.165) is 0 Å². The van der Waals surface area contributed by atoms with E-state index in [1.165, 1.54) is 0 Å². The first-order valence-corrected chi connectivity index (χ1v) is 6.91. The molecule has 0 bridgehead atoms. The molecule has 6 heteroatoms. The largest absolute Gasteiger partial charge is 0.494 e. The Hall–Kier alpha value is -2.89. The normalized spacial score (nSPS) is 9.86. The van der Waals surface area contributed by atoms with Crippen molar-refractivity contribution in [2.45, 2.75) is 6.92 Å². The van der Waals surface area contributed by atoms with Gasteiger partial charge in [-0.2, -0.15) is 0 Å². The average molecular weight is 299 g/mol. The number of hydrogen-bond acceptors (Lipinski definition) is 4. The Morgan fingerprint density at radius 2 is 1.91 bits per heavy atom. The number of pyridine rings is 1. The summed E-state index contributed by atoms with van der Waals surface area (Å²) in [7, 11) is 0. The highest BCUT2D eigenvalue weighted by molar-refractivity contribution is 5.99. The van der Waals surface area contributed by atoms with E-state index in [4.69, 9.17) is 4.74 Å². The number of benzene rings is 1. The summed E-state index contributed by atoms with van der Waals surface area (Å²) in [5, 5.41) is 5.14. The molecule has 0 aliphatic rings. The van der Waals surface area contributed by atoms with Crippen molar-refractivity contribution in [2.24, 2.45) is 0 Å². The number of amides is 2. The summed E-state index contributed by atoms with van der Waals surface area (Å²) >= 11 is 0. The molecule has 22 heavy (non-hydrogen) atoms. The van der Waals surface area contributed by atoms with Gasteiger partial charge in [0.15, 0.2) is 0 Å². The number of ether oxygens (including phenoxy) is 1. The average Bonchev–Trinajstić information content (AvgIpc) is 2.54. The van der Waals surface area contributed by atoms with Gasteiger partial charge >= 0.3 is 0 Å². The second-order valence-electron chi connectivity index (χ2n) is 4.40. The molecule has 0 saturated carbocycles. The molecule has 1 heterocycles. The maximum Gasteiger partial charge on any atom is 0.251 e. The Morgan fingerprint density at radius 1 is 1.14 bits per heavy atom. The first kappa shape index (κ1) is 15.5. The summed E-state index contributed by atoms with van der Waals surface area (Å²) in [6.07, 6.45) is 1.58. The minimum atomic E-state index is -0.335. The number of hydrogen-bond donors (Lipinski definition) is 2. The molecule has 2 aromatic rings. The molecule has 2 amide bonds. The predicted molar refractivity (Wildman–Crippen MR) is 82.8 cm³/mol. The van der Waals surface area contributed by atoms with Gasteiger partial charge < -0.3 is 15.4 Å². The summed E-state index contributed by atoms with van der Waals surface area (Å²) in [5.41, 5.74) is 0.467. The molecule has 2 N–H and O–H groups in total. The van der Waals surface area contributed by atoms with Gasteiger partial charge in [0, 0.05) is 11.8 Å². The lowest BCUT2D eigenvalue weighted by atomic mass is 10.2. The molecule has 114 valence electrons. The lowest BCUT2D eigenvalue weighted by Crippen LogP contribution is -2.33. The zero-order valence-corrected chi connectivity index (χ0v) is 12.2. The number of nitrogens with zero attached hydrogens (tertiary/aromatic N) is 1. The summed E-state index contributed by atoms with van der Waals surface area (Å²) in [4.78, 5) is 27.6. The fraction of sp³-hybridized carbons (Fsp3) is 0.188. The molecule has 1 aromatic heterocycles. The lowest BCUT2D eigenvalue weighted by molar-refractivity contribution is -0.115. The Balaban J connectivity index is 1.83. The van der Waals surface area contributed by atoms with Crippen molar-refractivity contribution >= 4 is 17.6 Å². The molecule has 1 aromatic carbocycles. The molecule has 0 unspecified atom stereocenters. The molecule has 0 aliphatic carbocycles. The molecule has 0 spiro atoms. The first-order valence-electron chi connectivity index (χ1n) is 6.91. The summed E-state index contributed by atoms with van der Waals surface area (Å²) in [6.45, 7) is 2.34. The van der Waals surface area contributed by atoms with Crippen molar-refractivity contribution in [1.29, 1.82) is 0 Å². The van der Waals surface area contributed by atoms with E-state index in [1.54, 1.807) is 48.7 Å². The quantitative estimate of drug-likeness (QED) is 0.853. The van der Waals surface area contributed by atoms with Crippen LogP contribution in [0.25, 0.3) is 0 Å². The van der Waals surface area contributed by atoms with Crippen molar-refractivity contribution in [2.75, 3.05) is 18.5 Å². The molecular weight excluding hydrogens is 282 g/mol. The van der Waals surface area contributed by atoms with Crippen LogP contribution < -0.4 is 15.4 Å². The monoisotopic (exact) mass is 299 g/mol. The van der Waals surface area contributed by atoms with Crippen LogP contribution in [0.3, 0.4) is 0 Å². The third-order valence-corrected chi connectivity index (χ3v) is 2.77. The maximum absolute atomic E-state index is 11.9. The van der Waals surface area contributed by atoms with Gasteiger partial charge in [-0.3, -0.25) is 9.59 Å². The van der Waals surface area contributed by atoms with Gasteiger partial charge in [0.05, 0.1) is 13.2 Å². The van der Waals surface area contributed by atoms with Gasteiger partial charge in [-0.05, 0) is 43.3 Å². The van der Waals surface area contributed by atoms with Crippen LogP contribution in [0.4, 0.5) is 5.82 Å². The third kappa shape index (κ3) is 4.59. The van der Waals surface area contributed by atoms with E-state index >= 15 is 0 Å². The fourth-order valence-electron chi connectivity index (χ4n) is 1.76. The predicted octanol–water partition coefficient (Wildman–Crippen LogP) is 1.85. The van der Waals surface area contributed by atoms with Crippen LogP contribution in [0.1, 0.15) is 17.3 Å². The Kier molecular flexibility index (Phi) is 5.48. The van der Waals surface area contributed by atoms with E-state index in [-0.39, 0.29) is 18.4 Å². The Morgan fingerprint density at radius 3 is 2.55 bits per heavy atom. The van der Waals surface area contributed by atoms with E-state index in [2.05, 4.69) is 15.6 Å². The van der Waals surface area contributed by atoms with Gasteiger partial charge in [0.1, 0.15) is 11.6 Å². The second kappa shape index (κ2) is 7.78. The second-order valence-corrected chi connectivity index (χ2v) is 4.40. The van der Waals surface area contributed by atoms with Crippen LogP contribution in [-0.2, 0) is 4.79 Å². The van der Waals surface area contributed by atoms with Gasteiger partial charge in [-0.1, -0.05) is 6.07 Å². The minimum absolute atomic E-state index is 0.122. The van der Waals surface area contributed by atoms with Crippen molar-refractivity contribution in [3.63, 3.8) is 0 Å². The third-order valence-electron chi connectivity index (χ3n) is 2.77. The number of anilines is 1. The van der Waals surface area contributed by atoms with Crippen LogP contribution in [0, 0.1) is 0 Å². The van der Waals surface area contributed by atoms with Crippen LogP contribution in [0.15, 0.2) is 48.7 Å². The summed E-state index contributed by atoms with van der Waals surface area (Å²) in [6, 6.07) is 11.9. The molecule has 0 radical (unpaired) electrons. The van der Waals surface area contributed by atoms with Gasteiger partial charge in [-0.25, -0.2) is 4.98 Å². The highest BCUT2D eigenvalue weighted by Crippen LogP contribution is 2.11. The number of rotatable bonds is 6. The van der Waals surface area contributed by atoms with Gasteiger partial charge in [-0.15, -0.1) is 0 Å². The molecule has 0 atom stereocenters. The zero-order valence-electron chi connectivity index (χ0n) is 12.2. The zero-order chi connectivity index (χ0) is 15.8. The standard InChI is InChI=1S/C16H17N3O3/c1-2-22-13-8-6-12(7-9-13)16(21)18-11-15(20)19-14-5-3-4-10-17-14/h3-10H,2,11H2,1H3,(H,18,21)(H,17,19,20). The fourth-order valence-corrected chi connectivity index (χ4v) is 1.76. The molecule has 2 rings (SSSR count). The Bertz CT molecular complexity index is 627. The number of aromatic nitrogens is 1. The van der Waals surface area contributed by atoms with Gasteiger partial charge in [0.25, 0.3) is 5.91 Å². The van der Waals surface area contributed by atoms with Gasteiger partial charge in [0.2, 0.25) is 5.91 Å². The number of carbonyl (C=O) groups excluding carboxylic acids is 2. The molecule has 0 fully saturated rings. The van der Waals surface area contributed by atoms with E-state index in [9.17, 15) is 9.59 Å². The topological polar surface area (TPSA) is 80.3 Å². The van der Waals surface area contributed by atoms with Crippen molar-refractivity contribution < 1.29 is 14.3 Å². The molecule has 6 nitrogen and oxygen atoms in total. The summed E-state index contributed by atoms with van der Waals surface area (Å²) in [5.74, 6) is 0.493. The van der Waals surface area contributed by atoms with Crippen molar-refractivity contribution in [3.05, 3.63) is 54.2 Å². The van der Waals surface area contributed by atoms with Crippen LogP contribution >= 0.6 is 0 Å². The van der Waals surface area contributed by atoms with E-state index in [0.29, 0.717) is 23.7 Å². The maximum atomic E-state index is 11.9. The summed E-state index contributed by atoms with van der Waals surface area (Å²) < 4.78 is 5.30. The number of carbonyl (C=O) groups is 2. The van der Waals surface area contributed by atoms with Crippen molar-refractivity contribution in [1.82, 2.24) is 10.3 Å². The first-order chi connectivity index (χ1) is 10.7. The SMILES string of the molecule is CCOc1ccc(C(=O)NCC(=O)Nc2ccccn2)cc1. The van der Waals surface area contributed by atoms with E-state index < -0.39 is 0 Å². The molecule has 0 saturated heterocycles. The highest BCUT2D eigenvalue weighted by Gasteiger charge is 2.08. The van der Waals surface area contributed by atoms with Crippen LogP contribution in [-0.4, -0.2) is 29.9 Å². The molecule has 0 aliphatic heterocycles. The smallest absolute Gasteiger partial charge is 0.251 e. The van der Waals surface area contributed by atoms with Crippen LogP contribution in [0.5, 0.6) is 5.75 Å². The Labute approximate surface area is 128 Å².